The van der Waals surface area contributed by atoms with Crippen molar-refractivity contribution in [3.63, 3.8) is 0 Å². The Bertz CT molecular complexity index is 613. The molecule has 0 spiro atoms. The normalized spacial score (nSPS) is 12.4. The third-order valence-corrected chi connectivity index (χ3v) is 3.87. The van der Waals surface area contributed by atoms with E-state index in [1.807, 2.05) is 6.07 Å². The molecule has 0 bridgehead atoms. The smallest absolute Gasteiger partial charge is 0.130 e. The number of hydrogen-bond donors (Lipinski definition) is 1. The minimum atomic E-state index is -0.276. The topological polar surface area (TPSA) is 12.0 Å². The molecule has 2 aromatic carbocycles. The average Bonchev–Trinajstić information content (AvgIpc) is 2.43. The summed E-state index contributed by atoms with van der Waals surface area (Å²) in [5.74, 6) is -0.510. The summed E-state index contributed by atoms with van der Waals surface area (Å²) in [4.78, 5) is 0. The molecule has 1 atom stereocenters. The number of aryl methyl sites for hydroxylation is 1. The van der Waals surface area contributed by atoms with Gasteiger partial charge in [-0.1, -0.05) is 34.1 Å². The molecule has 0 radical (unpaired) electrons. The summed E-state index contributed by atoms with van der Waals surface area (Å²) in [6, 6.07) is 9.81. The molecule has 0 fully saturated rings. The standard InChI is InChI=1S/C16H16BrF2N/c1-10-4-3-5-13(16(10)19)15(20-2)9-11-8-12(17)6-7-14(11)18/h3-8,15,20H,9H2,1-2H3. The van der Waals surface area contributed by atoms with Gasteiger partial charge in [-0.15, -0.1) is 0 Å². The van der Waals surface area contributed by atoms with Crippen molar-refractivity contribution in [2.45, 2.75) is 19.4 Å². The van der Waals surface area contributed by atoms with Gasteiger partial charge in [-0.2, -0.15) is 0 Å². The quantitative estimate of drug-likeness (QED) is 0.862. The summed E-state index contributed by atoms with van der Waals surface area (Å²) in [7, 11) is 1.75. The van der Waals surface area contributed by atoms with Crippen LogP contribution in [0.5, 0.6) is 0 Å². The molecular formula is C16H16BrF2N. The molecule has 0 aliphatic carbocycles. The number of rotatable bonds is 4. The van der Waals surface area contributed by atoms with Gasteiger partial charge in [-0.05, 0) is 49.7 Å². The maximum Gasteiger partial charge on any atom is 0.130 e. The SMILES string of the molecule is CNC(Cc1cc(Br)ccc1F)c1cccc(C)c1F. The largest absolute Gasteiger partial charge is 0.313 e. The molecule has 2 aromatic rings. The van der Waals surface area contributed by atoms with Crippen molar-refractivity contribution in [3.05, 3.63) is 69.2 Å². The Morgan fingerprint density at radius 2 is 1.95 bits per heavy atom. The second-order valence-corrected chi connectivity index (χ2v) is 5.67. The monoisotopic (exact) mass is 339 g/mol. The predicted molar refractivity (Wildman–Crippen MR) is 80.7 cm³/mol. The van der Waals surface area contributed by atoms with Crippen LogP contribution in [-0.2, 0) is 6.42 Å². The number of nitrogens with one attached hydrogen (secondary N) is 1. The fourth-order valence-corrected chi connectivity index (χ4v) is 2.63. The summed E-state index contributed by atoms with van der Waals surface area (Å²) < 4.78 is 28.8. The Balaban J connectivity index is 2.34. The van der Waals surface area contributed by atoms with E-state index in [9.17, 15) is 8.78 Å². The van der Waals surface area contributed by atoms with Gasteiger partial charge in [0, 0.05) is 16.1 Å². The van der Waals surface area contributed by atoms with Crippen LogP contribution in [0.3, 0.4) is 0 Å². The van der Waals surface area contributed by atoms with Crippen molar-refractivity contribution >= 4 is 15.9 Å². The highest BCUT2D eigenvalue weighted by atomic mass is 79.9. The molecule has 106 valence electrons. The molecule has 1 nitrogen and oxygen atoms in total. The van der Waals surface area contributed by atoms with Gasteiger partial charge in [0.15, 0.2) is 0 Å². The lowest BCUT2D eigenvalue weighted by molar-refractivity contribution is 0.516. The Hall–Kier alpha value is -1.26. The highest BCUT2D eigenvalue weighted by Gasteiger charge is 2.17. The lowest BCUT2D eigenvalue weighted by Crippen LogP contribution is -2.21. The van der Waals surface area contributed by atoms with Crippen LogP contribution in [-0.4, -0.2) is 7.05 Å². The van der Waals surface area contributed by atoms with Crippen LogP contribution >= 0.6 is 15.9 Å². The number of benzene rings is 2. The maximum absolute atomic E-state index is 14.2. The van der Waals surface area contributed by atoms with E-state index in [0.717, 1.165) is 4.47 Å². The van der Waals surface area contributed by atoms with Crippen LogP contribution in [0.1, 0.15) is 22.7 Å². The minimum Gasteiger partial charge on any atom is -0.313 e. The van der Waals surface area contributed by atoms with Crippen molar-refractivity contribution < 1.29 is 8.78 Å². The zero-order chi connectivity index (χ0) is 14.7. The molecule has 0 aromatic heterocycles. The molecule has 0 aliphatic rings. The van der Waals surface area contributed by atoms with Crippen LogP contribution in [0.15, 0.2) is 40.9 Å². The van der Waals surface area contributed by atoms with Gasteiger partial charge in [0.25, 0.3) is 0 Å². The van der Waals surface area contributed by atoms with Crippen molar-refractivity contribution in [2.24, 2.45) is 0 Å². The third-order valence-electron chi connectivity index (χ3n) is 3.38. The van der Waals surface area contributed by atoms with E-state index < -0.39 is 0 Å². The van der Waals surface area contributed by atoms with E-state index in [1.54, 1.807) is 38.2 Å². The predicted octanol–water partition coefficient (Wildman–Crippen LogP) is 4.54. The van der Waals surface area contributed by atoms with Crippen molar-refractivity contribution in [2.75, 3.05) is 7.05 Å². The highest BCUT2D eigenvalue weighted by Crippen LogP contribution is 2.25. The first-order valence-corrected chi connectivity index (χ1v) is 7.18. The van der Waals surface area contributed by atoms with Gasteiger partial charge in [-0.3, -0.25) is 0 Å². The Morgan fingerprint density at radius 3 is 2.65 bits per heavy atom. The molecule has 20 heavy (non-hydrogen) atoms. The summed E-state index contributed by atoms with van der Waals surface area (Å²) >= 11 is 3.33. The Morgan fingerprint density at radius 1 is 1.20 bits per heavy atom. The molecular weight excluding hydrogens is 324 g/mol. The van der Waals surface area contributed by atoms with Gasteiger partial charge < -0.3 is 5.32 Å². The highest BCUT2D eigenvalue weighted by molar-refractivity contribution is 9.10. The molecule has 0 heterocycles. The fraction of sp³-hybridized carbons (Fsp3) is 0.250. The minimum absolute atomic E-state index is 0.234. The second-order valence-electron chi connectivity index (χ2n) is 4.76. The molecule has 4 heteroatoms. The average molecular weight is 340 g/mol. The molecule has 1 unspecified atom stereocenters. The first kappa shape index (κ1) is 15.1. The summed E-state index contributed by atoms with van der Waals surface area (Å²) in [5, 5.41) is 3.06. The first-order valence-electron chi connectivity index (χ1n) is 6.39. The second kappa shape index (κ2) is 6.46. The molecule has 0 saturated heterocycles. The van der Waals surface area contributed by atoms with E-state index in [1.165, 1.54) is 6.07 Å². The van der Waals surface area contributed by atoms with Gasteiger partial charge in [0.2, 0.25) is 0 Å². The Labute approximate surface area is 126 Å². The number of likely N-dealkylation sites (N-methyl/N-ethyl adjacent to an activating group) is 1. The number of halogens is 3. The van der Waals surface area contributed by atoms with Crippen molar-refractivity contribution in [3.8, 4) is 0 Å². The Kier molecular flexibility index (Phi) is 4.89. The molecule has 0 saturated carbocycles. The van der Waals surface area contributed by atoms with E-state index in [-0.39, 0.29) is 17.7 Å². The maximum atomic E-state index is 14.2. The van der Waals surface area contributed by atoms with Gasteiger partial charge >= 0.3 is 0 Å². The summed E-state index contributed by atoms with van der Waals surface area (Å²) in [5.41, 5.74) is 1.71. The van der Waals surface area contributed by atoms with Crippen LogP contribution in [0.4, 0.5) is 8.78 Å². The van der Waals surface area contributed by atoms with E-state index in [4.69, 9.17) is 0 Å². The van der Waals surface area contributed by atoms with Gasteiger partial charge in [-0.25, -0.2) is 8.78 Å². The first-order chi connectivity index (χ1) is 9.52. The van der Waals surface area contributed by atoms with Crippen LogP contribution in [0.2, 0.25) is 0 Å². The van der Waals surface area contributed by atoms with E-state index in [2.05, 4.69) is 21.2 Å². The summed E-state index contributed by atoms with van der Waals surface area (Å²) in [6.07, 6.45) is 0.391. The van der Waals surface area contributed by atoms with Crippen LogP contribution in [0.25, 0.3) is 0 Å². The van der Waals surface area contributed by atoms with E-state index >= 15 is 0 Å². The van der Waals surface area contributed by atoms with Crippen LogP contribution < -0.4 is 5.32 Å². The van der Waals surface area contributed by atoms with E-state index in [0.29, 0.717) is 23.1 Å². The summed E-state index contributed by atoms with van der Waals surface area (Å²) in [6.45, 7) is 1.73. The third kappa shape index (κ3) is 3.25. The number of hydrogen-bond acceptors (Lipinski definition) is 1. The zero-order valence-corrected chi connectivity index (χ0v) is 13.0. The van der Waals surface area contributed by atoms with Gasteiger partial charge in [0.05, 0.1) is 0 Å². The molecule has 2 rings (SSSR count). The molecule has 0 amide bonds. The van der Waals surface area contributed by atoms with Gasteiger partial charge in [0.1, 0.15) is 11.6 Å². The van der Waals surface area contributed by atoms with Crippen molar-refractivity contribution in [1.29, 1.82) is 0 Å². The fourth-order valence-electron chi connectivity index (χ4n) is 2.23. The molecule has 1 N–H and O–H groups in total. The van der Waals surface area contributed by atoms with Crippen LogP contribution in [0, 0.1) is 18.6 Å². The lowest BCUT2D eigenvalue weighted by atomic mass is 9.97. The van der Waals surface area contributed by atoms with Crippen molar-refractivity contribution in [1.82, 2.24) is 5.32 Å². The molecule has 0 aliphatic heterocycles. The lowest BCUT2D eigenvalue weighted by Gasteiger charge is -2.19. The zero-order valence-electron chi connectivity index (χ0n) is 11.4.